The standard InChI is InChI=1S/C24H21N3O3/c1-25-19-3-5-23-20(13-19)21(14-24(28)30-23)26-18-6-9-27(10-7-18)15-16-2-4-22-17(12-16)8-11-29-22/h2-5,8,11-14,18,26H,6-7,9-10,15H2. The van der Waals surface area contributed by atoms with Crippen molar-refractivity contribution in [1.82, 2.24) is 4.90 Å². The SMILES string of the molecule is [C-]#[N+]c1ccc2oc(=O)cc(NC3CCN(Cc4ccc5occc5c4)CC3)c2c1. The van der Waals surface area contributed by atoms with Gasteiger partial charge in [-0.1, -0.05) is 12.1 Å². The Kier molecular flexibility index (Phi) is 4.74. The third-order valence-electron chi connectivity index (χ3n) is 5.73. The Hall–Kier alpha value is -3.56. The molecule has 5 rings (SSSR count). The van der Waals surface area contributed by atoms with Crippen LogP contribution in [0.1, 0.15) is 18.4 Å². The lowest BCUT2D eigenvalue weighted by Gasteiger charge is -2.33. The Labute approximate surface area is 173 Å². The lowest BCUT2D eigenvalue weighted by Crippen LogP contribution is -2.38. The van der Waals surface area contributed by atoms with E-state index in [4.69, 9.17) is 15.4 Å². The van der Waals surface area contributed by atoms with Crippen molar-refractivity contribution in [2.24, 2.45) is 0 Å². The van der Waals surface area contributed by atoms with Crippen LogP contribution in [-0.2, 0) is 6.54 Å². The Balaban J connectivity index is 1.27. The second-order valence-corrected chi connectivity index (χ2v) is 7.76. The van der Waals surface area contributed by atoms with Gasteiger partial charge in [0.15, 0.2) is 5.69 Å². The van der Waals surface area contributed by atoms with Crippen molar-refractivity contribution in [2.45, 2.75) is 25.4 Å². The predicted molar refractivity (Wildman–Crippen MR) is 117 cm³/mol. The first kappa shape index (κ1) is 18.5. The fraction of sp³-hybridized carbons (Fsp3) is 0.250. The topological polar surface area (TPSA) is 63.0 Å². The van der Waals surface area contributed by atoms with E-state index >= 15 is 0 Å². The zero-order valence-corrected chi connectivity index (χ0v) is 16.4. The number of likely N-dealkylation sites (tertiary alicyclic amines) is 1. The first-order valence-corrected chi connectivity index (χ1v) is 10.1. The van der Waals surface area contributed by atoms with Crippen LogP contribution >= 0.6 is 0 Å². The van der Waals surface area contributed by atoms with Gasteiger partial charge in [-0.2, -0.15) is 0 Å². The van der Waals surface area contributed by atoms with E-state index in [2.05, 4.69) is 27.2 Å². The molecule has 0 aliphatic carbocycles. The van der Waals surface area contributed by atoms with Crippen molar-refractivity contribution >= 4 is 33.3 Å². The van der Waals surface area contributed by atoms with Gasteiger partial charge in [0.25, 0.3) is 0 Å². The monoisotopic (exact) mass is 399 g/mol. The average Bonchev–Trinajstić information content (AvgIpc) is 3.23. The van der Waals surface area contributed by atoms with Gasteiger partial charge in [0.1, 0.15) is 11.2 Å². The highest BCUT2D eigenvalue weighted by atomic mass is 16.4. The van der Waals surface area contributed by atoms with E-state index < -0.39 is 0 Å². The Morgan fingerprint density at radius 3 is 2.73 bits per heavy atom. The van der Waals surface area contributed by atoms with Gasteiger partial charge < -0.3 is 14.2 Å². The molecule has 1 aliphatic heterocycles. The van der Waals surface area contributed by atoms with Gasteiger partial charge in [-0.25, -0.2) is 9.64 Å². The normalized spacial score (nSPS) is 15.4. The van der Waals surface area contributed by atoms with E-state index in [-0.39, 0.29) is 11.7 Å². The molecule has 1 aliphatic rings. The third-order valence-corrected chi connectivity index (χ3v) is 5.73. The van der Waals surface area contributed by atoms with Crippen LogP contribution in [0.15, 0.2) is 68.4 Å². The van der Waals surface area contributed by atoms with Crippen molar-refractivity contribution in [1.29, 1.82) is 0 Å². The first-order chi connectivity index (χ1) is 14.7. The summed E-state index contributed by atoms with van der Waals surface area (Å²) in [5.41, 5.74) is 3.60. The quantitative estimate of drug-likeness (QED) is 0.379. The number of anilines is 1. The molecule has 1 saturated heterocycles. The van der Waals surface area contributed by atoms with E-state index in [9.17, 15) is 4.79 Å². The summed E-state index contributed by atoms with van der Waals surface area (Å²) in [7, 11) is 0. The van der Waals surface area contributed by atoms with Crippen LogP contribution in [0, 0.1) is 6.57 Å². The summed E-state index contributed by atoms with van der Waals surface area (Å²) in [5, 5.41) is 5.43. The number of piperidine rings is 1. The summed E-state index contributed by atoms with van der Waals surface area (Å²) in [4.78, 5) is 17.9. The maximum absolute atomic E-state index is 11.9. The van der Waals surface area contributed by atoms with Crippen LogP contribution in [0.4, 0.5) is 11.4 Å². The third kappa shape index (κ3) is 3.68. The number of nitrogens with zero attached hydrogens (tertiary/aromatic N) is 2. The molecule has 0 amide bonds. The molecule has 3 heterocycles. The van der Waals surface area contributed by atoms with Crippen LogP contribution in [0.3, 0.4) is 0 Å². The molecule has 0 bridgehead atoms. The van der Waals surface area contributed by atoms with Crippen LogP contribution in [0.25, 0.3) is 26.8 Å². The van der Waals surface area contributed by atoms with E-state index in [0.717, 1.165) is 54.5 Å². The lowest BCUT2D eigenvalue weighted by molar-refractivity contribution is 0.211. The largest absolute Gasteiger partial charge is 0.464 e. The zero-order chi connectivity index (χ0) is 20.5. The Bertz CT molecular complexity index is 1310. The van der Waals surface area contributed by atoms with E-state index in [1.54, 1.807) is 24.5 Å². The van der Waals surface area contributed by atoms with Crippen molar-refractivity contribution in [3.05, 3.63) is 82.2 Å². The molecular formula is C24H21N3O3. The molecule has 150 valence electrons. The fourth-order valence-electron chi connectivity index (χ4n) is 4.17. The molecule has 0 unspecified atom stereocenters. The minimum absolute atomic E-state index is 0.277. The van der Waals surface area contributed by atoms with Crippen molar-refractivity contribution < 1.29 is 8.83 Å². The number of rotatable bonds is 4. The smallest absolute Gasteiger partial charge is 0.338 e. The molecule has 6 nitrogen and oxygen atoms in total. The van der Waals surface area contributed by atoms with Crippen LogP contribution in [0.2, 0.25) is 0 Å². The predicted octanol–water partition coefficient (Wildman–Crippen LogP) is 5.17. The van der Waals surface area contributed by atoms with Crippen molar-refractivity contribution in [3.8, 4) is 0 Å². The summed E-state index contributed by atoms with van der Waals surface area (Å²) in [6.07, 6.45) is 3.69. The molecule has 2 aromatic carbocycles. The van der Waals surface area contributed by atoms with Crippen LogP contribution < -0.4 is 10.9 Å². The van der Waals surface area contributed by atoms with Gasteiger partial charge in [0.2, 0.25) is 0 Å². The number of benzene rings is 2. The summed E-state index contributed by atoms with van der Waals surface area (Å²) in [6.45, 7) is 10.1. The first-order valence-electron chi connectivity index (χ1n) is 10.1. The highest BCUT2D eigenvalue weighted by molar-refractivity contribution is 5.92. The average molecular weight is 399 g/mol. The maximum atomic E-state index is 11.9. The molecule has 0 saturated carbocycles. The second-order valence-electron chi connectivity index (χ2n) is 7.76. The van der Waals surface area contributed by atoms with E-state index in [0.29, 0.717) is 11.3 Å². The highest BCUT2D eigenvalue weighted by Crippen LogP contribution is 2.28. The van der Waals surface area contributed by atoms with E-state index in [1.807, 2.05) is 12.1 Å². The molecule has 6 heteroatoms. The summed E-state index contributed by atoms with van der Waals surface area (Å²) >= 11 is 0. The molecule has 4 aromatic rings. The van der Waals surface area contributed by atoms with Gasteiger partial charge in [-0.05, 0) is 48.7 Å². The summed E-state index contributed by atoms with van der Waals surface area (Å²) < 4.78 is 10.7. The maximum Gasteiger partial charge on any atom is 0.338 e. The van der Waals surface area contributed by atoms with Crippen LogP contribution in [-0.4, -0.2) is 24.0 Å². The second kappa shape index (κ2) is 7.69. The van der Waals surface area contributed by atoms with Gasteiger partial charge in [-0.15, -0.1) is 0 Å². The molecule has 0 spiro atoms. The van der Waals surface area contributed by atoms with Crippen LogP contribution in [0.5, 0.6) is 0 Å². The minimum Gasteiger partial charge on any atom is -0.464 e. The summed E-state index contributed by atoms with van der Waals surface area (Å²) in [5.74, 6) is 0. The lowest BCUT2D eigenvalue weighted by atomic mass is 10.0. The number of furan rings is 1. The molecule has 30 heavy (non-hydrogen) atoms. The fourth-order valence-corrected chi connectivity index (χ4v) is 4.17. The Morgan fingerprint density at radius 1 is 1.07 bits per heavy atom. The zero-order valence-electron chi connectivity index (χ0n) is 16.4. The van der Waals surface area contributed by atoms with Gasteiger partial charge >= 0.3 is 5.63 Å². The number of hydrogen-bond acceptors (Lipinski definition) is 5. The highest BCUT2D eigenvalue weighted by Gasteiger charge is 2.20. The van der Waals surface area contributed by atoms with Gasteiger partial charge in [0.05, 0.1) is 18.5 Å². The van der Waals surface area contributed by atoms with Crippen molar-refractivity contribution in [2.75, 3.05) is 18.4 Å². The molecule has 1 N–H and O–H groups in total. The molecule has 0 radical (unpaired) electrons. The number of nitrogens with one attached hydrogen (secondary N) is 1. The van der Waals surface area contributed by atoms with Gasteiger partial charge in [-0.3, -0.25) is 4.90 Å². The molecule has 1 fully saturated rings. The number of hydrogen-bond donors (Lipinski definition) is 1. The van der Waals surface area contributed by atoms with Crippen molar-refractivity contribution in [3.63, 3.8) is 0 Å². The molecular weight excluding hydrogens is 378 g/mol. The Morgan fingerprint density at radius 2 is 1.90 bits per heavy atom. The number of fused-ring (bicyclic) bond motifs is 2. The molecule has 2 aromatic heterocycles. The molecule has 0 atom stereocenters. The van der Waals surface area contributed by atoms with E-state index in [1.165, 1.54) is 11.6 Å². The van der Waals surface area contributed by atoms with Gasteiger partial charge in [0, 0.05) is 42.5 Å². The minimum atomic E-state index is -0.382. The summed E-state index contributed by atoms with van der Waals surface area (Å²) in [6, 6.07) is 15.2.